The Morgan fingerprint density at radius 2 is 2.04 bits per heavy atom. The number of ether oxygens (including phenoxy) is 1. The van der Waals surface area contributed by atoms with E-state index in [9.17, 15) is 5.11 Å². The zero-order valence-electron chi connectivity index (χ0n) is 16.1. The van der Waals surface area contributed by atoms with E-state index in [0.717, 1.165) is 37.0 Å². The molecule has 0 amide bonds. The molecule has 3 fully saturated rings. The zero-order chi connectivity index (χ0) is 17.7. The Labute approximate surface area is 152 Å². The maximum atomic E-state index is 11.5. The second-order valence-corrected chi connectivity index (χ2v) is 9.03. The van der Waals surface area contributed by atoms with Crippen LogP contribution in [0, 0.1) is 35.0 Å². The molecule has 2 N–H and O–H groups in total. The first kappa shape index (κ1) is 17.6. The molecule has 0 aromatic carbocycles. The fourth-order valence-electron chi connectivity index (χ4n) is 7.44. The second kappa shape index (κ2) is 6.42. The number of likely N-dealkylation sites (N-methyl/N-ethyl adjacent to an activating group) is 1. The topological polar surface area (TPSA) is 41.5 Å². The highest BCUT2D eigenvalue weighted by Gasteiger charge is 2.63. The van der Waals surface area contributed by atoms with Crippen LogP contribution < -0.4 is 5.32 Å². The molecule has 0 heterocycles. The minimum atomic E-state index is -0.505. The SMILES string of the molecule is CC[C@]12CC[C@H]3[C@@H](CCC4C=C(OC)C=C[C@@H]43)[C@@H]1CC[C@@]2(O)CNC. The van der Waals surface area contributed by atoms with Crippen LogP contribution >= 0.6 is 0 Å². The number of nitrogens with one attached hydrogen (secondary N) is 1. The van der Waals surface area contributed by atoms with Crippen LogP contribution in [0.15, 0.2) is 24.0 Å². The smallest absolute Gasteiger partial charge is 0.114 e. The molecule has 140 valence electrons. The first-order chi connectivity index (χ1) is 12.1. The third-order valence-electron chi connectivity index (χ3n) is 8.52. The van der Waals surface area contributed by atoms with Crippen molar-refractivity contribution in [3.05, 3.63) is 24.0 Å². The van der Waals surface area contributed by atoms with Gasteiger partial charge in [-0.3, -0.25) is 0 Å². The molecule has 0 aliphatic heterocycles. The highest BCUT2D eigenvalue weighted by Crippen LogP contribution is 2.66. The number of allylic oxidation sites excluding steroid dienone is 3. The quantitative estimate of drug-likeness (QED) is 0.812. The predicted octanol–water partition coefficient (Wildman–Crippen LogP) is 3.90. The van der Waals surface area contributed by atoms with Gasteiger partial charge in [0.25, 0.3) is 0 Å². The number of hydrogen-bond donors (Lipinski definition) is 2. The van der Waals surface area contributed by atoms with Crippen LogP contribution in [0.4, 0.5) is 0 Å². The molecule has 7 atom stereocenters. The Bertz CT molecular complexity index is 570. The van der Waals surface area contributed by atoms with E-state index in [-0.39, 0.29) is 5.41 Å². The Hall–Kier alpha value is -0.800. The first-order valence-electron chi connectivity index (χ1n) is 10.4. The van der Waals surface area contributed by atoms with Gasteiger partial charge in [-0.25, -0.2) is 0 Å². The van der Waals surface area contributed by atoms with E-state index in [0.29, 0.717) is 17.8 Å². The molecule has 3 nitrogen and oxygen atoms in total. The van der Waals surface area contributed by atoms with Gasteiger partial charge in [-0.15, -0.1) is 0 Å². The molecule has 4 rings (SSSR count). The minimum Gasteiger partial charge on any atom is -0.497 e. The van der Waals surface area contributed by atoms with Crippen LogP contribution in [0.2, 0.25) is 0 Å². The Morgan fingerprint density at radius 3 is 2.76 bits per heavy atom. The predicted molar refractivity (Wildman–Crippen MR) is 101 cm³/mol. The highest BCUT2D eigenvalue weighted by molar-refractivity contribution is 5.24. The first-order valence-corrected chi connectivity index (χ1v) is 10.4. The van der Waals surface area contributed by atoms with Crippen molar-refractivity contribution in [1.82, 2.24) is 5.32 Å². The monoisotopic (exact) mass is 345 g/mol. The van der Waals surface area contributed by atoms with Gasteiger partial charge in [-0.05, 0) is 93.7 Å². The van der Waals surface area contributed by atoms with Gasteiger partial charge in [0.15, 0.2) is 0 Å². The summed E-state index contributed by atoms with van der Waals surface area (Å²) in [4.78, 5) is 0. The summed E-state index contributed by atoms with van der Waals surface area (Å²) in [7, 11) is 3.76. The Morgan fingerprint density at radius 1 is 1.20 bits per heavy atom. The maximum absolute atomic E-state index is 11.5. The van der Waals surface area contributed by atoms with Crippen molar-refractivity contribution in [1.29, 1.82) is 0 Å². The van der Waals surface area contributed by atoms with E-state index in [2.05, 4.69) is 30.5 Å². The molecule has 0 spiro atoms. The van der Waals surface area contributed by atoms with E-state index < -0.39 is 5.60 Å². The lowest BCUT2D eigenvalue weighted by Gasteiger charge is -2.57. The molecule has 1 unspecified atom stereocenters. The van der Waals surface area contributed by atoms with Crippen LogP contribution in [0.1, 0.15) is 51.9 Å². The van der Waals surface area contributed by atoms with Crippen LogP contribution in [0.25, 0.3) is 0 Å². The lowest BCUT2D eigenvalue weighted by atomic mass is 9.49. The van der Waals surface area contributed by atoms with E-state index in [1.165, 1.54) is 32.1 Å². The highest BCUT2D eigenvalue weighted by atomic mass is 16.5. The molecule has 25 heavy (non-hydrogen) atoms. The van der Waals surface area contributed by atoms with Gasteiger partial charge in [0.05, 0.1) is 12.7 Å². The summed E-state index contributed by atoms with van der Waals surface area (Å²) in [6.07, 6.45) is 15.4. The van der Waals surface area contributed by atoms with Gasteiger partial charge in [0.1, 0.15) is 5.76 Å². The maximum Gasteiger partial charge on any atom is 0.114 e. The normalized spacial score (nSPS) is 48.3. The molecule has 0 radical (unpaired) electrons. The average molecular weight is 346 g/mol. The van der Waals surface area contributed by atoms with Crippen molar-refractivity contribution in [2.45, 2.75) is 57.5 Å². The minimum absolute atomic E-state index is 0.135. The molecular formula is C22H35NO2. The number of methoxy groups -OCH3 is 1. The average Bonchev–Trinajstić information content (AvgIpc) is 2.94. The Kier molecular flexibility index (Phi) is 4.52. The molecule has 0 aromatic rings. The van der Waals surface area contributed by atoms with Crippen LogP contribution in [-0.4, -0.2) is 31.4 Å². The fourth-order valence-corrected chi connectivity index (χ4v) is 7.44. The molecular weight excluding hydrogens is 310 g/mol. The van der Waals surface area contributed by atoms with Crippen molar-refractivity contribution in [3.63, 3.8) is 0 Å². The van der Waals surface area contributed by atoms with Crippen molar-refractivity contribution in [2.24, 2.45) is 35.0 Å². The van der Waals surface area contributed by atoms with Gasteiger partial charge in [0.2, 0.25) is 0 Å². The molecule has 3 heteroatoms. The van der Waals surface area contributed by atoms with E-state index in [4.69, 9.17) is 4.74 Å². The molecule has 0 bridgehead atoms. The van der Waals surface area contributed by atoms with Crippen molar-refractivity contribution in [2.75, 3.05) is 20.7 Å². The van der Waals surface area contributed by atoms with Crippen LogP contribution in [-0.2, 0) is 4.74 Å². The molecule has 4 aliphatic carbocycles. The van der Waals surface area contributed by atoms with Crippen molar-refractivity contribution >= 4 is 0 Å². The summed E-state index contributed by atoms with van der Waals surface area (Å²) >= 11 is 0. The van der Waals surface area contributed by atoms with Gasteiger partial charge in [-0.2, -0.15) is 0 Å². The third kappa shape index (κ3) is 2.45. The van der Waals surface area contributed by atoms with Gasteiger partial charge < -0.3 is 15.2 Å². The van der Waals surface area contributed by atoms with E-state index >= 15 is 0 Å². The second-order valence-electron chi connectivity index (χ2n) is 9.03. The zero-order valence-corrected chi connectivity index (χ0v) is 16.1. The van der Waals surface area contributed by atoms with Crippen LogP contribution in [0.5, 0.6) is 0 Å². The summed E-state index contributed by atoms with van der Waals surface area (Å²) in [6, 6.07) is 0. The van der Waals surface area contributed by atoms with Crippen molar-refractivity contribution in [3.8, 4) is 0 Å². The number of hydrogen-bond acceptors (Lipinski definition) is 3. The van der Waals surface area contributed by atoms with E-state index in [1.54, 1.807) is 7.11 Å². The third-order valence-corrected chi connectivity index (χ3v) is 8.52. The Balaban J connectivity index is 1.60. The van der Waals surface area contributed by atoms with Gasteiger partial charge in [0, 0.05) is 12.0 Å². The number of aliphatic hydroxyl groups is 1. The van der Waals surface area contributed by atoms with Crippen LogP contribution in [0.3, 0.4) is 0 Å². The molecule has 0 aromatic heterocycles. The molecule has 4 aliphatic rings. The van der Waals surface area contributed by atoms with Gasteiger partial charge in [-0.1, -0.05) is 13.0 Å². The van der Waals surface area contributed by atoms with Crippen molar-refractivity contribution < 1.29 is 9.84 Å². The lowest BCUT2D eigenvalue weighted by molar-refractivity contribution is -0.131. The number of fused-ring (bicyclic) bond motifs is 5. The standard InChI is InChI=1S/C22H35NO2/c1-4-21-11-9-18-17-8-6-16(25-3)13-15(17)5-7-19(18)20(21)10-12-22(21,24)14-23-2/h6,8,13,15,17-20,23-24H,4-5,7,9-12,14H2,1-3H3/t15?,17-,18+,19+,20-,21-,22+/m0/s1. The molecule has 0 saturated heterocycles. The van der Waals surface area contributed by atoms with E-state index in [1.807, 2.05) is 7.05 Å². The molecule has 3 saturated carbocycles. The van der Waals surface area contributed by atoms with Gasteiger partial charge >= 0.3 is 0 Å². The number of rotatable bonds is 4. The summed E-state index contributed by atoms with van der Waals surface area (Å²) < 4.78 is 5.47. The largest absolute Gasteiger partial charge is 0.497 e. The fraction of sp³-hybridized carbons (Fsp3) is 0.818. The summed E-state index contributed by atoms with van der Waals surface area (Å²) in [5.41, 5.74) is -0.371. The summed E-state index contributed by atoms with van der Waals surface area (Å²) in [5.74, 6) is 4.69. The summed E-state index contributed by atoms with van der Waals surface area (Å²) in [6.45, 7) is 3.07. The lowest BCUT2D eigenvalue weighted by Crippen LogP contribution is -2.57. The summed E-state index contributed by atoms with van der Waals surface area (Å²) in [5, 5.41) is 14.8.